The molecule has 2 saturated heterocycles. The molecule has 0 unspecified atom stereocenters. The second kappa shape index (κ2) is 5.91. The Morgan fingerprint density at radius 1 is 1.08 bits per heavy atom. The first-order valence-corrected chi connectivity index (χ1v) is 8.70. The average molecular weight is 327 g/mol. The van der Waals surface area contributed by atoms with E-state index in [-0.39, 0.29) is 24.3 Å². The zero-order valence-electron chi connectivity index (χ0n) is 13.4. The Morgan fingerprint density at radius 3 is 2.75 bits per heavy atom. The predicted molar refractivity (Wildman–Crippen MR) is 86.3 cm³/mol. The van der Waals surface area contributed by atoms with E-state index in [1.807, 2.05) is 35.0 Å². The lowest BCUT2D eigenvalue weighted by Gasteiger charge is -2.18. The van der Waals surface area contributed by atoms with Gasteiger partial charge in [-0.1, -0.05) is 30.3 Å². The molecule has 2 aromatic rings. The van der Waals surface area contributed by atoms with Gasteiger partial charge in [-0.3, -0.25) is 0 Å². The summed E-state index contributed by atoms with van der Waals surface area (Å²) in [6, 6.07) is 10.3. The Morgan fingerprint density at radius 2 is 1.92 bits per heavy atom. The number of benzene rings is 1. The lowest BCUT2D eigenvalue weighted by atomic mass is 10.1. The van der Waals surface area contributed by atoms with Crippen LogP contribution in [0.4, 0.5) is 0 Å². The second-order valence-corrected chi connectivity index (χ2v) is 6.93. The van der Waals surface area contributed by atoms with Crippen LogP contribution in [0.1, 0.15) is 18.9 Å². The van der Waals surface area contributed by atoms with Crippen LogP contribution in [0.2, 0.25) is 0 Å². The van der Waals surface area contributed by atoms with E-state index >= 15 is 0 Å². The van der Waals surface area contributed by atoms with Gasteiger partial charge in [-0.15, -0.1) is 5.10 Å². The third kappa shape index (κ3) is 2.53. The first kappa shape index (κ1) is 14.5. The van der Waals surface area contributed by atoms with Crippen LogP contribution in [-0.2, 0) is 9.47 Å². The Hall–Kier alpha value is -1.83. The average Bonchev–Trinajstić information content (AvgIpc) is 3.01. The van der Waals surface area contributed by atoms with Gasteiger partial charge in [-0.05, 0) is 35.7 Å². The fourth-order valence-electron chi connectivity index (χ4n) is 3.70. The van der Waals surface area contributed by atoms with Crippen molar-refractivity contribution in [3.05, 3.63) is 30.3 Å². The molecule has 126 valence electrons. The fourth-order valence-corrected chi connectivity index (χ4v) is 3.70. The molecule has 1 aromatic carbocycles. The van der Waals surface area contributed by atoms with Crippen LogP contribution in [0.5, 0.6) is 0 Å². The maximum Gasteiger partial charge on any atom is 0.182 e. The van der Waals surface area contributed by atoms with Crippen molar-refractivity contribution in [3.8, 4) is 11.4 Å². The van der Waals surface area contributed by atoms with Crippen molar-refractivity contribution >= 4 is 0 Å². The number of tetrazole rings is 1. The Kier molecular flexibility index (Phi) is 3.57. The van der Waals surface area contributed by atoms with Gasteiger partial charge >= 0.3 is 0 Å². The quantitative estimate of drug-likeness (QED) is 0.885. The minimum absolute atomic E-state index is 0.00710. The molecule has 4 atom stereocenters. The molecule has 1 N–H and O–H groups in total. The maximum absolute atomic E-state index is 6.07. The van der Waals surface area contributed by atoms with E-state index < -0.39 is 0 Å². The molecule has 7 nitrogen and oxygen atoms in total. The third-order valence-electron chi connectivity index (χ3n) is 5.23. The summed E-state index contributed by atoms with van der Waals surface area (Å²) in [7, 11) is 0. The van der Waals surface area contributed by atoms with Crippen molar-refractivity contribution in [2.45, 2.75) is 37.1 Å². The van der Waals surface area contributed by atoms with Crippen LogP contribution >= 0.6 is 0 Å². The highest BCUT2D eigenvalue weighted by molar-refractivity contribution is 5.54. The standard InChI is InChI=1S/C17H21N5O2/c1-2-4-12(5-3-1)17-19-20-21-22(17)14-10-24-15-13(9-23-16(14)15)18-8-11-6-7-11/h1-5,11,13-16,18H,6-10H2/t13-,14-,15+,16+/m0/s1. The van der Waals surface area contributed by atoms with Gasteiger partial charge in [0.25, 0.3) is 0 Å². The highest BCUT2D eigenvalue weighted by atomic mass is 16.6. The SMILES string of the molecule is c1ccc(-c2nnnn2[C@H]2CO[C@H]3[C@@H]2OC[C@@H]3NCC2CC2)cc1. The molecule has 5 rings (SSSR count). The van der Waals surface area contributed by atoms with Gasteiger partial charge in [-0.25, -0.2) is 4.68 Å². The van der Waals surface area contributed by atoms with E-state index in [0.717, 1.165) is 23.9 Å². The summed E-state index contributed by atoms with van der Waals surface area (Å²) in [6.45, 7) is 2.36. The summed E-state index contributed by atoms with van der Waals surface area (Å²) >= 11 is 0. The van der Waals surface area contributed by atoms with Gasteiger partial charge in [0.1, 0.15) is 18.2 Å². The smallest absolute Gasteiger partial charge is 0.182 e. The normalized spacial score (nSPS) is 32.2. The second-order valence-electron chi connectivity index (χ2n) is 6.93. The topological polar surface area (TPSA) is 74.1 Å². The Bertz CT molecular complexity index is 702. The highest BCUT2D eigenvalue weighted by Crippen LogP contribution is 2.36. The van der Waals surface area contributed by atoms with Crippen molar-refractivity contribution < 1.29 is 9.47 Å². The highest BCUT2D eigenvalue weighted by Gasteiger charge is 2.49. The fraction of sp³-hybridized carbons (Fsp3) is 0.588. The number of ether oxygens (including phenoxy) is 2. The van der Waals surface area contributed by atoms with Gasteiger partial charge in [-0.2, -0.15) is 0 Å². The molecular formula is C17H21N5O2. The first-order chi connectivity index (χ1) is 11.9. The molecule has 1 aliphatic carbocycles. The van der Waals surface area contributed by atoms with Crippen LogP contribution in [0.15, 0.2) is 30.3 Å². The predicted octanol–water partition coefficient (Wildman–Crippen LogP) is 1.05. The largest absolute Gasteiger partial charge is 0.371 e. The summed E-state index contributed by atoms with van der Waals surface area (Å²) in [4.78, 5) is 0. The lowest BCUT2D eigenvalue weighted by molar-refractivity contribution is 0.0621. The molecule has 1 aromatic heterocycles. The van der Waals surface area contributed by atoms with E-state index in [1.165, 1.54) is 12.8 Å². The molecule has 3 fully saturated rings. The van der Waals surface area contributed by atoms with Crippen molar-refractivity contribution in [2.24, 2.45) is 5.92 Å². The van der Waals surface area contributed by atoms with Crippen molar-refractivity contribution in [1.82, 2.24) is 25.5 Å². The molecule has 0 bridgehead atoms. The number of hydrogen-bond donors (Lipinski definition) is 1. The van der Waals surface area contributed by atoms with Crippen molar-refractivity contribution in [1.29, 1.82) is 0 Å². The summed E-state index contributed by atoms with van der Waals surface area (Å²) in [5, 5.41) is 15.9. The molecule has 24 heavy (non-hydrogen) atoms. The summed E-state index contributed by atoms with van der Waals surface area (Å²) < 4.78 is 14.0. The number of fused-ring (bicyclic) bond motifs is 1. The van der Waals surface area contributed by atoms with Crippen LogP contribution in [-0.4, -0.2) is 58.2 Å². The minimum atomic E-state index is 0.00710. The maximum atomic E-state index is 6.07. The minimum Gasteiger partial charge on any atom is -0.371 e. The molecule has 1 saturated carbocycles. The number of nitrogens with zero attached hydrogens (tertiary/aromatic N) is 4. The Labute approximate surface area is 140 Å². The van der Waals surface area contributed by atoms with E-state index in [4.69, 9.17) is 9.47 Å². The van der Waals surface area contributed by atoms with Gasteiger partial charge in [0.05, 0.1) is 19.3 Å². The summed E-state index contributed by atoms with van der Waals surface area (Å²) in [5.74, 6) is 1.62. The van der Waals surface area contributed by atoms with Gasteiger partial charge in [0.15, 0.2) is 5.82 Å². The number of hydrogen-bond acceptors (Lipinski definition) is 6. The van der Waals surface area contributed by atoms with E-state index in [9.17, 15) is 0 Å². The lowest BCUT2D eigenvalue weighted by Crippen LogP contribution is -2.41. The number of rotatable bonds is 5. The first-order valence-electron chi connectivity index (χ1n) is 8.70. The third-order valence-corrected chi connectivity index (χ3v) is 5.23. The molecule has 0 radical (unpaired) electrons. The number of aromatic nitrogens is 4. The monoisotopic (exact) mass is 327 g/mol. The molecule has 3 aliphatic rings. The summed E-state index contributed by atoms with van der Waals surface area (Å²) in [5.41, 5.74) is 1.01. The zero-order chi connectivity index (χ0) is 15.9. The van der Waals surface area contributed by atoms with Crippen molar-refractivity contribution in [3.63, 3.8) is 0 Å². The van der Waals surface area contributed by atoms with Crippen LogP contribution in [0, 0.1) is 5.92 Å². The molecule has 7 heteroatoms. The van der Waals surface area contributed by atoms with Gasteiger partial charge in [0.2, 0.25) is 0 Å². The molecule has 0 spiro atoms. The van der Waals surface area contributed by atoms with Crippen molar-refractivity contribution in [2.75, 3.05) is 19.8 Å². The van der Waals surface area contributed by atoms with Crippen LogP contribution in [0.3, 0.4) is 0 Å². The molecule has 3 heterocycles. The van der Waals surface area contributed by atoms with Gasteiger partial charge in [0, 0.05) is 5.56 Å². The summed E-state index contributed by atoms with van der Waals surface area (Å²) in [6.07, 6.45) is 2.79. The molecule has 0 amide bonds. The Balaban J connectivity index is 1.35. The van der Waals surface area contributed by atoms with Gasteiger partial charge < -0.3 is 14.8 Å². The van der Waals surface area contributed by atoms with E-state index in [1.54, 1.807) is 0 Å². The van der Waals surface area contributed by atoms with E-state index in [2.05, 4.69) is 20.8 Å². The zero-order valence-corrected chi connectivity index (χ0v) is 13.4. The molecular weight excluding hydrogens is 306 g/mol. The van der Waals surface area contributed by atoms with E-state index in [0.29, 0.717) is 13.2 Å². The molecule has 2 aliphatic heterocycles. The number of nitrogens with one attached hydrogen (secondary N) is 1. The van der Waals surface area contributed by atoms with Crippen LogP contribution < -0.4 is 5.32 Å². The van der Waals surface area contributed by atoms with Crippen LogP contribution in [0.25, 0.3) is 11.4 Å².